The molecule has 1 aliphatic rings. The molecular formula is C26H29N7O3. The molecule has 3 heterocycles. The van der Waals surface area contributed by atoms with Crippen molar-refractivity contribution in [3.63, 3.8) is 0 Å². The monoisotopic (exact) mass is 487 g/mol. The minimum atomic E-state index is -0.637. The van der Waals surface area contributed by atoms with Crippen LogP contribution in [0.2, 0.25) is 0 Å². The molecule has 0 saturated carbocycles. The zero-order chi connectivity index (χ0) is 25.7. The number of nitrogens with zero attached hydrogens (tertiary/aromatic N) is 5. The minimum Gasteiger partial charge on any atom is -0.344 e. The number of nitrogens with one attached hydrogen (secondary N) is 2. The third kappa shape index (κ3) is 4.64. The van der Waals surface area contributed by atoms with Gasteiger partial charge in [-0.15, -0.1) is 12.3 Å². The van der Waals surface area contributed by atoms with E-state index in [-0.39, 0.29) is 30.8 Å². The Morgan fingerprint density at radius 2 is 1.94 bits per heavy atom. The Labute approximate surface area is 208 Å². The number of hydrogen-bond donors (Lipinski definition) is 2. The highest BCUT2D eigenvalue weighted by molar-refractivity contribution is 5.80. The van der Waals surface area contributed by atoms with Crippen LogP contribution in [-0.2, 0) is 24.3 Å². The molecule has 0 atom stereocenters. The van der Waals surface area contributed by atoms with Crippen LogP contribution < -0.4 is 26.8 Å². The lowest BCUT2D eigenvalue weighted by atomic mass is 10.1. The SMILES string of the molecule is C#CCNC(=O)Cn1c(=O)n(-c2ccccc2CC)c(=O)c2c1nc(N1CCNCC1)n2CC#CC. The van der Waals surface area contributed by atoms with Crippen LogP contribution in [0.15, 0.2) is 33.9 Å². The summed E-state index contributed by atoms with van der Waals surface area (Å²) in [7, 11) is 0. The molecule has 0 aliphatic carbocycles. The summed E-state index contributed by atoms with van der Waals surface area (Å²) in [6.45, 7) is 6.49. The Morgan fingerprint density at radius 3 is 2.64 bits per heavy atom. The average molecular weight is 488 g/mol. The first kappa shape index (κ1) is 24.8. The van der Waals surface area contributed by atoms with Gasteiger partial charge in [-0.25, -0.2) is 9.36 Å². The quantitative estimate of drug-likeness (QED) is 0.458. The number of imidazole rings is 1. The molecule has 0 radical (unpaired) electrons. The maximum atomic E-state index is 14.0. The van der Waals surface area contributed by atoms with Gasteiger partial charge in [-0.2, -0.15) is 4.98 Å². The summed E-state index contributed by atoms with van der Waals surface area (Å²) < 4.78 is 4.13. The maximum Gasteiger partial charge on any atom is 0.337 e. The molecule has 1 saturated heterocycles. The Balaban J connectivity index is 2.06. The number of amides is 1. The first-order chi connectivity index (χ1) is 17.5. The maximum absolute atomic E-state index is 14.0. The van der Waals surface area contributed by atoms with Crippen molar-refractivity contribution in [3.05, 3.63) is 50.7 Å². The fraction of sp³-hybridized carbons (Fsp3) is 0.385. The van der Waals surface area contributed by atoms with E-state index >= 15 is 0 Å². The van der Waals surface area contributed by atoms with Crippen molar-refractivity contribution in [2.45, 2.75) is 33.4 Å². The van der Waals surface area contributed by atoms with E-state index in [0.29, 0.717) is 31.1 Å². The largest absolute Gasteiger partial charge is 0.344 e. The van der Waals surface area contributed by atoms with Gasteiger partial charge in [-0.1, -0.05) is 37.0 Å². The van der Waals surface area contributed by atoms with Crippen LogP contribution in [0.5, 0.6) is 0 Å². The van der Waals surface area contributed by atoms with Crippen molar-refractivity contribution in [3.8, 4) is 29.9 Å². The number of piperazine rings is 1. The topological polar surface area (TPSA) is 106 Å². The second-order valence-electron chi connectivity index (χ2n) is 8.31. The van der Waals surface area contributed by atoms with Gasteiger partial charge in [0.05, 0.1) is 18.8 Å². The lowest BCUT2D eigenvalue weighted by Gasteiger charge is -2.28. The van der Waals surface area contributed by atoms with Crippen LogP contribution in [0.1, 0.15) is 19.4 Å². The van der Waals surface area contributed by atoms with Crippen molar-refractivity contribution >= 4 is 23.0 Å². The van der Waals surface area contributed by atoms with Crippen LogP contribution in [0, 0.1) is 24.2 Å². The summed E-state index contributed by atoms with van der Waals surface area (Å²) in [4.78, 5) is 47.3. The highest BCUT2D eigenvalue weighted by Crippen LogP contribution is 2.21. The fourth-order valence-corrected chi connectivity index (χ4v) is 4.38. The van der Waals surface area contributed by atoms with E-state index in [9.17, 15) is 14.4 Å². The number of para-hydroxylation sites is 1. The third-order valence-corrected chi connectivity index (χ3v) is 6.13. The lowest BCUT2D eigenvalue weighted by Crippen LogP contribution is -2.44. The van der Waals surface area contributed by atoms with Crippen LogP contribution in [0.25, 0.3) is 16.9 Å². The van der Waals surface area contributed by atoms with Crippen molar-refractivity contribution in [1.82, 2.24) is 29.3 Å². The number of aryl methyl sites for hydroxylation is 1. The summed E-state index contributed by atoms with van der Waals surface area (Å²) in [6.07, 6.45) is 5.90. The van der Waals surface area contributed by atoms with Gasteiger partial charge in [0.1, 0.15) is 6.54 Å². The van der Waals surface area contributed by atoms with Crippen LogP contribution in [0.3, 0.4) is 0 Å². The van der Waals surface area contributed by atoms with Crippen LogP contribution >= 0.6 is 0 Å². The smallest absolute Gasteiger partial charge is 0.337 e. The molecule has 4 rings (SSSR count). The molecule has 36 heavy (non-hydrogen) atoms. The van der Waals surface area contributed by atoms with Gasteiger partial charge in [-0.3, -0.25) is 18.7 Å². The summed E-state index contributed by atoms with van der Waals surface area (Å²) in [5.74, 6) is 8.36. The van der Waals surface area contributed by atoms with Gasteiger partial charge in [-0.05, 0) is 25.0 Å². The van der Waals surface area contributed by atoms with Gasteiger partial charge in [0.2, 0.25) is 11.9 Å². The van der Waals surface area contributed by atoms with E-state index in [1.54, 1.807) is 23.6 Å². The highest BCUT2D eigenvalue weighted by Gasteiger charge is 2.26. The van der Waals surface area contributed by atoms with Gasteiger partial charge in [0.15, 0.2) is 11.2 Å². The Morgan fingerprint density at radius 1 is 1.19 bits per heavy atom. The molecule has 10 nitrogen and oxygen atoms in total. The summed E-state index contributed by atoms with van der Waals surface area (Å²) >= 11 is 0. The number of fused-ring (bicyclic) bond motifs is 1. The van der Waals surface area contributed by atoms with Gasteiger partial charge in [0, 0.05) is 26.2 Å². The van der Waals surface area contributed by atoms with Crippen molar-refractivity contribution < 1.29 is 4.79 Å². The molecule has 186 valence electrons. The Bertz CT molecular complexity index is 1500. The molecule has 1 aliphatic heterocycles. The van der Waals surface area contributed by atoms with E-state index < -0.39 is 17.2 Å². The molecule has 2 aromatic heterocycles. The van der Waals surface area contributed by atoms with E-state index in [0.717, 1.165) is 23.2 Å². The number of benzene rings is 1. The van der Waals surface area contributed by atoms with Crippen molar-refractivity contribution in [2.24, 2.45) is 0 Å². The van der Waals surface area contributed by atoms with E-state index in [1.165, 1.54) is 4.57 Å². The normalized spacial score (nSPS) is 13.2. The molecule has 0 spiro atoms. The zero-order valence-corrected chi connectivity index (χ0v) is 20.5. The Hall–Kier alpha value is -4.28. The first-order valence-electron chi connectivity index (χ1n) is 11.9. The summed E-state index contributed by atoms with van der Waals surface area (Å²) in [5.41, 5.74) is 0.554. The van der Waals surface area contributed by atoms with Crippen LogP contribution in [-0.4, -0.2) is 57.3 Å². The number of terminal acetylenes is 1. The van der Waals surface area contributed by atoms with Gasteiger partial charge in [0.25, 0.3) is 5.56 Å². The van der Waals surface area contributed by atoms with Crippen molar-refractivity contribution in [1.29, 1.82) is 0 Å². The van der Waals surface area contributed by atoms with E-state index in [2.05, 4.69) is 33.3 Å². The predicted molar refractivity (Wildman–Crippen MR) is 139 cm³/mol. The molecule has 1 fully saturated rings. The van der Waals surface area contributed by atoms with Crippen molar-refractivity contribution in [2.75, 3.05) is 37.6 Å². The summed E-state index contributed by atoms with van der Waals surface area (Å²) in [6, 6.07) is 7.25. The molecule has 1 amide bonds. The Kier molecular flexibility index (Phi) is 7.57. The molecular weight excluding hydrogens is 458 g/mol. The number of carbonyl (C=O) groups is 1. The number of carbonyl (C=O) groups excluding carboxylic acids is 1. The number of aromatic nitrogens is 4. The van der Waals surface area contributed by atoms with E-state index in [1.807, 2.05) is 19.1 Å². The molecule has 0 unspecified atom stereocenters. The highest BCUT2D eigenvalue weighted by atomic mass is 16.2. The molecule has 2 N–H and O–H groups in total. The number of hydrogen-bond acceptors (Lipinski definition) is 6. The minimum absolute atomic E-state index is 0.0294. The fourth-order valence-electron chi connectivity index (χ4n) is 4.38. The summed E-state index contributed by atoms with van der Waals surface area (Å²) in [5, 5.41) is 5.90. The number of rotatable bonds is 7. The predicted octanol–water partition coefficient (Wildman–Crippen LogP) is 0.0936. The first-order valence-corrected chi connectivity index (χ1v) is 11.9. The zero-order valence-electron chi connectivity index (χ0n) is 20.5. The second kappa shape index (κ2) is 11.0. The molecule has 0 bridgehead atoms. The van der Waals surface area contributed by atoms with Gasteiger partial charge >= 0.3 is 5.69 Å². The second-order valence-corrected chi connectivity index (χ2v) is 8.31. The van der Waals surface area contributed by atoms with Crippen LogP contribution in [0.4, 0.5) is 5.95 Å². The molecule has 1 aromatic carbocycles. The van der Waals surface area contributed by atoms with E-state index in [4.69, 9.17) is 11.4 Å². The number of anilines is 1. The average Bonchev–Trinajstić information content (AvgIpc) is 3.29. The molecule has 10 heteroatoms. The lowest BCUT2D eigenvalue weighted by molar-refractivity contribution is -0.121. The standard InChI is InChI=1S/C26H29N7O3/c1-4-7-15-31-22-23(29-25(31)30-16-13-27-14-17-30)32(18-21(34)28-12-5-2)26(36)33(24(22)35)20-11-9-8-10-19(20)6-3/h2,8-11,27H,6,12-18H2,1,3H3,(H,28,34). The third-order valence-electron chi connectivity index (χ3n) is 6.13. The molecule has 3 aromatic rings. The van der Waals surface area contributed by atoms with Gasteiger partial charge < -0.3 is 15.5 Å².